The molecule has 7 nitrogen and oxygen atoms in total. The Morgan fingerprint density at radius 3 is 2.55 bits per heavy atom. The monoisotopic (exact) mass is 466 g/mol. The van der Waals surface area contributed by atoms with Gasteiger partial charge in [-0.25, -0.2) is 8.42 Å². The fourth-order valence-corrected chi connectivity index (χ4v) is 5.24. The van der Waals surface area contributed by atoms with Gasteiger partial charge >= 0.3 is 0 Å². The van der Waals surface area contributed by atoms with Gasteiger partial charge in [0.25, 0.3) is 0 Å². The minimum Gasteiger partial charge on any atom is -0.354 e. The van der Waals surface area contributed by atoms with Gasteiger partial charge in [-0.05, 0) is 69.4 Å². The lowest BCUT2D eigenvalue weighted by Crippen LogP contribution is -2.29. The van der Waals surface area contributed by atoms with E-state index in [0.29, 0.717) is 13.1 Å². The van der Waals surface area contributed by atoms with E-state index in [-0.39, 0.29) is 17.2 Å². The number of sulfone groups is 1. The minimum absolute atomic E-state index is 0.0968. The zero-order valence-electron chi connectivity index (χ0n) is 19.1. The molecular formula is C25H30N4O3S. The molecule has 4 rings (SSSR count). The molecule has 3 aromatic rings. The fraction of sp³-hybridized carbons (Fsp3) is 0.400. The van der Waals surface area contributed by atoms with Gasteiger partial charge < -0.3 is 5.32 Å². The molecule has 0 aliphatic heterocycles. The van der Waals surface area contributed by atoms with Gasteiger partial charge in [0.15, 0.2) is 9.84 Å². The number of aromatic nitrogens is 3. The van der Waals surface area contributed by atoms with Crippen LogP contribution in [-0.2, 0) is 40.4 Å². The zero-order valence-corrected chi connectivity index (χ0v) is 19.9. The Labute approximate surface area is 195 Å². The Bertz CT molecular complexity index is 1220. The van der Waals surface area contributed by atoms with Crippen molar-refractivity contribution < 1.29 is 13.2 Å². The van der Waals surface area contributed by atoms with E-state index in [1.165, 1.54) is 11.3 Å². The van der Waals surface area contributed by atoms with Crippen molar-refractivity contribution in [2.45, 2.75) is 62.6 Å². The molecule has 0 spiro atoms. The summed E-state index contributed by atoms with van der Waals surface area (Å²) in [6, 6.07) is 12.4. The number of nitrogens with one attached hydrogen (secondary N) is 1. The first-order valence-electron chi connectivity index (χ1n) is 11.5. The quantitative estimate of drug-likeness (QED) is 0.549. The Morgan fingerprint density at radius 1 is 1.09 bits per heavy atom. The van der Waals surface area contributed by atoms with Gasteiger partial charge in [0, 0.05) is 24.0 Å². The predicted molar refractivity (Wildman–Crippen MR) is 128 cm³/mol. The van der Waals surface area contributed by atoms with E-state index in [1.807, 2.05) is 22.9 Å². The van der Waals surface area contributed by atoms with Crippen LogP contribution in [0.2, 0.25) is 0 Å². The van der Waals surface area contributed by atoms with Gasteiger partial charge in [-0.3, -0.25) is 14.5 Å². The maximum absolute atomic E-state index is 12.4. The summed E-state index contributed by atoms with van der Waals surface area (Å²) in [5.41, 5.74) is 5.15. The number of hydrogen-bond donors (Lipinski definition) is 1. The van der Waals surface area contributed by atoms with E-state index in [2.05, 4.69) is 10.3 Å². The molecule has 2 aromatic heterocycles. The summed E-state index contributed by atoms with van der Waals surface area (Å²) >= 11 is 0. The number of pyridine rings is 1. The van der Waals surface area contributed by atoms with Crippen LogP contribution < -0.4 is 5.32 Å². The van der Waals surface area contributed by atoms with Crippen molar-refractivity contribution in [2.24, 2.45) is 0 Å². The molecule has 1 aromatic carbocycles. The molecule has 0 saturated heterocycles. The van der Waals surface area contributed by atoms with Gasteiger partial charge in [-0.15, -0.1) is 0 Å². The molecule has 33 heavy (non-hydrogen) atoms. The van der Waals surface area contributed by atoms with E-state index < -0.39 is 15.1 Å². The maximum atomic E-state index is 12.4. The zero-order chi connectivity index (χ0) is 23.4. The van der Waals surface area contributed by atoms with E-state index in [0.717, 1.165) is 42.6 Å². The van der Waals surface area contributed by atoms with Crippen molar-refractivity contribution in [1.29, 1.82) is 0 Å². The molecule has 174 valence electrons. The average molecular weight is 467 g/mol. The van der Waals surface area contributed by atoms with Crippen LogP contribution in [0.3, 0.4) is 0 Å². The Balaban J connectivity index is 1.37. The molecule has 2 heterocycles. The lowest BCUT2D eigenvalue weighted by atomic mass is 9.95. The van der Waals surface area contributed by atoms with E-state index >= 15 is 0 Å². The number of carbonyl (C=O) groups is 1. The Morgan fingerprint density at radius 2 is 1.85 bits per heavy atom. The molecule has 0 saturated carbocycles. The third kappa shape index (κ3) is 5.16. The maximum Gasteiger partial charge on any atom is 0.224 e. The highest BCUT2D eigenvalue weighted by Crippen LogP contribution is 2.30. The number of hydrogen-bond acceptors (Lipinski definition) is 5. The molecule has 1 aliphatic rings. The molecule has 0 radical (unpaired) electrons. The predicted octanol–water partition coefficient (Wildman–Crippen LogP) is 3.36. The second kappa shape index (κ2) is 9.87. The van der Waals surface area contributed by atoms with Gasteiger partial charge in [0.1, 0.15) is 5.69 Å². The van der Waals surface area contributed by atoms with Crippen LogP contribution in [0.1, 0.15) is 43.5 Å². The van der Waals surface area contributed by atoms with Crippen LogP contribution in [0.15, 0.2) is 53.6 Å². The normalized spacial score (nSPS) is 13.7. The topological polar surface area (TPSA) is 94.0 Å². The van der Waals surface area contributed by atoms with Crippen molar-refractivity contribution in [3.63, 3.8) is 0 Å². The van der Waals surface area contributed by atoms with Gasteiger partial charge in [-0.1, -0.05) is 18.2 Å². The van der Waals surface area contributed by atoms with Crippen molar-refractivity contribution >= 4 is 15.7 Å². The molecule has 0 unspecified atom stereocenters. The Kier molecular flexibility index (Phi) is 6.93. The first-order chi connectivity index (χ1) is 15.9. The molecule has 1 N–H and O–H groups in total. The number of carbonyl (C=O) groups excluding carboxylic acids is 1. The van der Waals surface area contributed by atoms with Crippen LogP contribution in [0.4, 0.5) is 0 Å². The standard InChI is InChI=1S/C25H30N4O3S/c1-18(2)33(31,32)20-12-10-19(11-13-20)17-24(30)27-15-16-29-23-9-4-3-7-21(23)25(28-29)22-8-5-6-14-26-22/h5-6,8,10-14,18H,3-4,7,9,15-17H2,1-2H3,(H,27,30). The number of rotatable bonds is 8. The molecule has 1 amide bonds. The second-order valence-corrected chi connectivity index (χ2v) is 11.2. The summed E-state index contributed by atoms with van der Waals surface area (Å²) in [5.74, 6) is -0.0968. The van der Waals surface area contributed by atoms with Crippen LogP contribution in [0.5, 0.6) is 0 Å². The number of amides is 1. The van der Waals surface area contributed by atoms with Crippen LogP contribution in [-0.4, -0.2) is 40.9 Å². The van der Waals surface area contributed by atoms with E-state index in [1.54, 1.807) is 44.3 Å². The summed E-state index contributed by atoms with van der Waals surface area (Å²) < 4.78 is 26.5. The highest BCUT2D eigenvalue weighted by atomic mass is 32.2. The van der Waals surface area contributed by atoms with Crippen LogP contribution in [0, 0.1) is 0 Å². The summed E-state index contributed by atoms with van der Waals surface area (Å²) in [4.78, 5) is 17.2. The first kappa shape index (κ1) is 23.2. The second-order valence-electron chi connectivity index (χ2n) is 8.68. The average Bonchev–Trinajstić information content (AvgIpc) is 3.19. The summed E-state index contributed by atoms with van der Waals surface area (Å²) in [5, 5.41) is 7.33. The van der Waals surface area contributed by atoms with Crippen molar-refractivity contribution in [3.05, 3.63) is 65.5 Å². The smallest absolute Gasteiger partial charge is 0.224 e. The largest absolute Gasteiger partial charge is 0.354 e. The first-order valence-corrected chi connectivity index (χ1v) is 13.0. The summed E-state index contributed by atoms with van der Waals surface area (Å²) in [6.07, 6.45) is 6.31. The third-order valence-corrected chi connectivity index (χ3v) is 8.22. The van der Waals surface area contributed by atoms with E-state index in [4.69, 9.17) is 5.10 Å². The van der Waals surface area contributed by atoms with Crippen LogP contribution in [0.25, 0.3) is 11.4 Å². The van der Waals surface area contributed by atoms with Crippen molar-refractivity contribution in [1.82, 2.24) is 20.1 Å². The fourth-order valence-electron chi connectivity index (χ4n) is 4.18. The lowest BCUT2D eigenvalue weighted by Gasteiger charge is -2.14. The van der Waals surface area contributed by atoms with Crippen LogP contribution >= 0.6 is 0 Å². The van der Waals surface area contributed by atoms with E-state index in [9.17, 15) is 13.2 Å². The minimum atomic E-state index is -3.31. The number of fused-ring (bicyclic) bond motifs is 1. The highest BCUT2D eigenvalue weighted by molar-refractivity contribution is 7.92. The SMILES string of the molecule is CC(C)S(=O)(=O)c1ccc(CC(=O)NCCn2nc(-c3ccccn3)c3c2CCCC3)cc1. The molecule has 1 aliphatic carbocycles. The number of nitrogens with zero attached hydrogens (tertiary/aromatic N) is 3. The van der Waals surface area contributed by atoms with Crippen molar-refractivity contribution in [3.8, 4) is 11.4 Å². The number of benzene rings is 1. The molecule has 0 bridgehead atoms. The molecule has 0 atom stereocenters. The molecule has 8 heteroatoms. The van der Waals surface area contributed by atoms with Crippen molar-refractivity contribution in [2.75, 3.05) is 6.54 Å². The summed E-state index contributed by atoms with van der Waals surface area (Å²) in [6.45, 7) is 4.40. The Hall–Kier alpha value is -3.00. The van der Waals surface area contributed by atoms with Gasteiger partial charge in [0.05, 0.1) is 28.8 Å². The molecule has 0 fully saturated rings. The lowest BCUT2D eigenvalue weighted by molar-refractivity contribution is -0.120. The summed E-state index contributed by atoms with van der Waals surface area (Å²) in [7, 11) is -3.31. The van der Waals surface area contributed by atoms with Gasteiger partial charge in [0.2, 0.25) is 5.91 Å². The third-order valence-electron chi connectivity index (χ3n) is 6.05. The van der Waals surface area contributed by atoms with Gasteiger partial charge in [-0.2, -0.15) is 5.10 Å². The highest BCUT2D eigenvalue weighted by Gasteiger charge is 2.22. The molecular weight excluding hydrogens is 436 g/mol.